The molecule has 3 nitrogen and oxygen atoms in total. The highest BCUT2D eigenvalue weighted by Gasteiger charge is 1.79. The molecule has 0 heterocycles. The third-order valence-corrected chi connectivity index (χ3v) is 0.369. The van der Waals surface area contributed by atoms with E-state index in [9.17, 15) is 4.79 Å². The van der Waals surface area contributed by atoms with Crippen LogP contribution in [0.2, 0.25) is 0 Å². The Labute approximate surface area is 51.4 Å². The van der Waals surface area contributed by atoms with Gasteiger partial charge in [-0.05, 0) is 12.2 Å². The van der Waals surface area contributed by atoms with Crippen molar-refractivity contribution >= 4 is 35.6 Å². The van der Waals surface area contributed by atoms with Gasteiger partial charge in [0.15, 0.2) is 4.32 Å². The van der Waals surface area contributed by atoms with E-state index in [1.54, 1.807) is 0 Å². The Morgan fingerprint density at radius 1 is 2.00 bits per heavy atom. The lowest BCUT2D eigenvalue weighted by atomic mass is 11.5. The zero-order valence-electron chi connectivity index (χ0n) is 3.25. The molecule has 0 aliphatic heterocycles. The maximum Gasteiger partial charge on any atom is 0.320 e. The van der Waals surface area contributed by atoms with E-state index in [1.807, 2.05) is 5.48 Å². The summed E-state index contributed by atoms with van der Waals surface area (Å²) in [4.78, 5) is 13.3. The van der Waals surface area contributed by atoms with E-state index in [1.165, 1.54) is 0 Å². The van der Waals surface area contributed by atoms with Crippen LogP contribution in [0.3, 0.4) is 0 Å². The first kappa shape index (κ1) is 6.71. The molecule has 0 aromatic heterocycles. The van der Waals surface area contributed by atoms with E-state index in [0.29, 0.717) is 0 Å². The summed E-state index contributed by atoms with van der Waals surface area (Å²) in [5, 5.41) is 0. The second kappa shape index (κ2) is 3.89. The lowest BCUT2D eigenvalue weighted by Crippen LogP contribution is -2.15. The number of carbonyl (C=O) groups excluding carboxylic acids is 1. The van der Waals surface area contributed by atoms with Crippen molar-refractivity contribution in [1.29, 1.82) is 0 Å². The SMILES string of the molecule is O=CONC(=S)S. The number of thiol groups is 1. The molecular formula is C2H3NO2S2. The first-order valence-corrected chi connectivity index (χ1v) is 2.21. The van der Waals surface area contributed by atoms with Gasteiger partial charge in [0.05, 0.1) is 0 Å². The van der Waals surface area contributed by atoms with Crippen LogP contribution in [-0.4, -0.2) is 10.8 Å². The van der Waals surface area contributed by atoms with Crippen LogP contribution in [0.15, 0.2) is 0 Å². The van der Waals surface area contributed by atoms with Crippen LogP contribution in [0.25, 0.3) is 0 Å². The van der Waals surface area contributed by atoms with E-state index in [0.717, 1.165) is 0 Å². The monoisotopic (exact) mass is 137 g/mol. The van der Waals surface area contributed by atoms with Crippen molar-refractivity contribution in [3.63, 3.8) is 0 Å². The molecule has 0 fully saturated rings. The summed E-state index contributed by atoms with van der Waals surface area (Å²) in [6.45, 7) is 0.225. The fourth-order valence-corrected chi connectivity index (χ4v) is 0.175. The number of carbonyl (C=O) groups is 1. The van der Waals surface area contributed by atoms with E-state index < -0.39 is 0 Å². The first-order chi connectivity index (χ1) is 3.27. The molecule has 0 aliphatic carbocycles. The molecule has 0 saturated carbocycles. The average molecular weight is 137 g/mol. The molecule has 7 heavy (non-hydrogen) atoms. The predicted molar refractivity (Wildman–Crippen MR) is 31.9 cm³/mol. The molecule has 0 aromatic rings. The highest BCUT2D eigenvalue weighted by molar-refractivity contribution is 8.11. The van der Waals surface area contributed by atoms with Gasteiger partial charge in [-0.2, -0.15) is 0 Å². The highest BCUT2D eigenvalue weighted by atomic mass is 32.1. The van der Waals surface area contributed by atoms with Gasteiger partial charge >= 0.3 is 6.47 Å². The highest BCUT2D eigenvalue weighted by Crippen LogP contribution is 1.73. The van der Waals surface area contributed by atoms with E-state index in [4.69, 9.17) is 0 Å². The molecule has 0 rings (SSSR count). The van der Waals surface area contributed by atoms with Crippen molar-refractivity contribution in [2.45, 2.75) is 0 Å². The average Bonchev–Trinajstić information content (AvgIpc) is 1.61. The van der Waals surface area contributed by atoms with Gasteiger partial charge in [-0.15, -0.1) is 12.6 Å². The number of rotatable bonds is 2. The van der Waals surface area contributed by atoms with E-state index in [-0.39, 0.29) is 10.8 Å². The van der Waals surface area contributed by atoms with Crippen LogP contribution >= 0.6 is 24.8 Å². The van der Waals surface area contributed by atoms with Gasteiger partial charge in [-0.1, -0.05) is 0 Å². The van der Waals surface area contributed by atoms with Gasteiger partial charge in [-0.3, -0.25) is 4.79 Å². The molecule has 0 atom stereocenters. The summed E-state index contributed by atoms with van der Waals surface area (Å²) >= 11 is 7.90. The summed E-state index contributed by atoms with van der Waals surface area (Å²) < 4.78 is 0.132. The molecule has 0 unspecified atom stereocenters. The summed E-state index contributed by atoms with van der Waals surface area (Å²) in [7, 11) is 0. The Balaban J connectivity index is 2.97. The quantitative estimate of drug-likeness (QED) is 0.241. The van der Waals surface area contributed by atoms with Gasteiger partial charge < -0.3 is 4.84 Å². The third kappa shape index (κ3) is 5.71. The lowest BCUT2D eigenvalue weighted by Gasteiger charge is -1.92. The van der Waals surface area contributed by atoms with Gasteiger partial charge in [0, 0.05) is 0 Å². The molecule has 0 bridgehead atoms. The van der Waals surface area contributed by atoms with Gasteiger partial charge in [0.2, 0.25) is 0 Å². The van der Waals surface area contributed by atoms with Gasteiger partial charge in [0.25, 0.3) is 0 Å². The molecule has 5 heteroatoms. The number of hydroxylamine groups is 1. The molecule has 0 spiro atoms. The Morgan fingerprint density at radius 3 is 2.71 bits per heavy atom. The zero-order valence-corrected chi connectivity index (χ0v) is 4.96. The zero-order chi connectivity index (χ0) is 5.70. The van der Waals surface area contributed by atoms with Crippen molar-refractivity contribution in [2.24, 2.45) is 0 Å². The summed E-state index contributed by atoms with van der Waals surface area (Å²) in [6.07, 6.45) is 0. The number of thiocarbonyl (C=S) groups is 1. The van der Waals surface area contributed by atoms with Crippen LogP contribution in [0.5, 0.6) is 0 Å². The third-order valence-electron chi connectivity index (χ3n) is 0.194. The summed E-state index contributed by atoms with van der Waals surface area (Å²) in [6, 6.07) is 0. The molecule has 1 N–H and O–H groups in total. The smallest absolute Gasteiger partial charge is 0.320 e. The molecule has 0 aliphatic rings. The van der Waals surface area contributed by atoms with Crippen molar-refractivity contribution in [3.05, 3.63) is 0 Å². The topological polar surface area (TPSA) is 38.3 Å². The molecule has 0 aromatic carbocycles. The Kier molecular flexibility index (Phi) is 3.72. The normalized spacial score (nSPS) is 7.00. The molecule has 0 amide bonds. The van der Waals surface area contributed by atoms with Crippen molar-refractivity contribution < 1.29 is 9.63 Å². The van der Waals surface area contributed by atoms with Crippen molar-refractivity contribution in [1.82, 2.24) is 5.48 Å². The van der Waals surface area contributed by atoms with Crippen molar-refractivity contribution in [2.75, 3.05) is 0 Å². The number of nitrogens with one attached hydrogen (secondary N) is 1. The Morgan fingerprint density at radius 2 is 2.57 bits per heavy atom. The van der Waals surface area contributed by atoms with Gasteiger partial charge in [-0.25, -0.2) is 5.48 Å². The standard InChI is InChI=1S/C2H3NO2S2/c4-1-5-3-2(6)7/h1H,(H2,3,6,7). The van der Waals surface area contributed by atoms with Crippen LogP contribution in [0, 0.1) is 0 Å². The lowest BCUT2D eigenvalue weighted by molar-refractivity contribution is -0.132. The minimum Gasteiger partial charge on any atom is -0.346 e. The first-order valence-electron chi connectivity index (χ1n) is 1.35. The maximum absolute atomic E-state index is 9.33. The van der Waals surface area contributed by atoms with Gasteiger partial charge in [0.1, 0.15) is 0 Å². The number of hydrogen-bond acceptors (Lipinski definition) is 3. The maximum atomic E-state index is 9.33. The summed E-state index contributed by atoms with van der Waals surface area (Å²) in [5.74, 6) is 0. The predicted octanol–water partition coefficient (Wildman–Crippen LogP) is -0.121. The second-order valence-electron chi connectivity index (χ2n) is 0.621. The minimum atomic E-state index is 0.132. The fraction of sp³-hybridized carbons (Fsp3) is 0. The fourth-order valence-electron chi connectivity index (χ4n) is 0.0745. The van der Waals surface area contributed by atoms with E-state index in [2.05, 4.69) is 29.7 Å². The summed E-state index contributed by atoms with van der Waals surface area (Å²) in [5.41, 5.74) is 2.02. The second-order valence-corrected chi connectivity index (χ2v) is 1.78. The molecule has 40 valence electrons. The van der Waals surface area contributed by atoms with E-state index >= 15 is 0 Å². The Bertz CT molecular complexity index is 83.8. The van der Waals surface area contributed by atoms with Crippen LogP contribution in [-0.2, 0) is 9.63 Å². The van der Waals surface area contributed by atoms with Crippen molar-refractivity contribution in [3.8, 4) is 0 Å². The molecular weight excluding hydrogens is 134 g/mol. The Hall–Kier alpha value is -0.290. The van der Waals surface area contributed by atoms with Crippen LogP contribution in [0.1, 0.15) is 0 Å². The number of hydrogen-bond donors (Lipinski definition) is 2. The molecule has 0 radical (unpaired) electrons. The largest absolute Gasteiger partial charge is 0.346 e. The van der Waals surface area contributed by atoms with Crippen LogP contribution < -0.4 is 5.48 Å². The van der Waals surface area contributed by atoms with Crippen LogP contribution in [0.4, 0.5) is 0 Å². The molecule has 0 saturated heterocycles. The minimum absolute atomic E-state index is 0.132.